The predicted molar refractivity (Wildman–Crippen MR) is 74.5 cm³/mol. The van der Waals surface area contributed by atoms with Crippen molar-refractivity contribution in [3.8, 4) is 6.07 Å². The third-order valence-electron chi connectivity index (χ3n) is 3.36. The number of carbonyl (C=O) groups is 1. The Hall–Kier alpha value is -1.58. The minimum absolute atomic E-state index is 0.0321. The van der Waals surface area contributed by atoms with Crippen molar-refractivity contribution in [1.82, 2.24) is 5.32 Å². The van der Waals surface area contributed by atoms with E-state index in [0.717, 1.165) is 11.5 Å². The molecule has 0 spiro atoms. The van der Waals surface area contributed by atoms with E-state index in [9.17, 15) is 14.3 Å². The quantitative estimate of drug-likeness (QED) is 0.887. The van der Waals surface area contributed by atoms with Crippen LogP contribution in [0.3, 0.4) is 0 Å². The van der Waals surface area contributed by atoms with Gasteiger partial charge in [0.2, 0.25) is 0 Å². The number of nitriles is 1. The van der Waals surface area contributed by atoms with Gasteiger partial charge in [0.05, 0.1) is 11.6 Å². The molecule has 1 aromatic rings. The lowest BCUT2D eigenvalue weighted by Crippen LogP contribution is -2.48. The maximum atomic E-state index is 13.6. The summed E-state index contributed by atoms with van der Waals surface area (Å²) in [5, 5.41) is 21.5. The summed E-state index contributed by atoms with van der Waals surface area (Å²) >= 11 is 1.70. The van der Waals surface area contributed by atoms with Crippen LogP contribution in [0.15, 0.2) is 18.2 Å². The molecule has 0 saturated carbocycles. The number of hydrogen-bond acceptors (Lipinski definition) is 4. The largest absolute Gasteiger partial charge is 0.380 e. The van der Waals surface area contributed by atoms with Crippen LogP contribution in [-0.2, 0) is 11.3 Å². The molecule has 6 heteroatoms. The van der Waals surface area contributed by atoms with Gasteiger partial charge in [-0.25, -0.2) is 4.39 Å². The lowest BCUT2D eigenvalue weighted by Gasteiger charge is -2.30. The fourth-order valence-corrected chi connectivity index (χ4v) is 3.22. The molecule has 1 aliphatic heterocycles. The van der Waals surface area contributed by atoms with Crippen LogP contribution >= 0.6 is 11.8 Å². The highest BCUT2D eigenvalue weighted by atomic mass is 32.2. The lowest BCUT2D eigenvalue weighted by atomic mass is 9.95. The van der Waals surface area contributed by atoms with Crippen molar-refractivity contribution >= 4 is 17.7 Å². The fourth-order valence-electron chi connectivity index (χ4n) is 2.06. The Morgan fingerprint density at radius 1 is 1.50 bits per heavy atom. The Labute approximate surface area is 121 Å². The molecule has 4 nitrogen and oxygen atoms in total. The number of halogens is 1. The summed E-state index contributed by atoms with van der Waals surface area (Å²) in [6, 6.07) is 5.90. The molecule has 0 unspecified atom stereocenters. The van der Waals surface area contributed by atoms with E-state index in [1.54, 1.807) is 11.8 Å². The van der Waals surface area contributed by atoms with Crippen molar-refractivity contribution in [2.45, 2.75) is 25.0 Å². The van der Waals surface area contributed by atoms with Crippen molar-refractivity contribution in [3.05, 3.63) is 35.1 Å². The number of thioether (sulfide) groups is 1. The van der Waals surface area contributed by atoms with E-state index in [-0.39, 0.29) is 12.1 Å². The van der Waals surface area contributed by atoms with E-state index >= 15 is 0 Å². The van der Waals surface area contributed by atoms with Crippen LogP contribution < -0.4 is 5.32 Å². The van der Waals surface area contributed by atoms with Gasteiger partial charge >= 0.3 is 0 Å². The molecular formula is C14H15FN2O2S. The van der Waals surface area contributed by atoms with Gasteiger partial charge in [0.1, 0.15) is 11.4 Å². The number of nitrogens with zero attached hydrogens (tertiary/aromatic N) is 1. The van der Waals surface area contributed by atoms with Gasteiger partial charge in [-0.2, -0.15) is 17.0 Å². The van der Waals surface area contributed by atoms with Gasteiger partial charge in [-0.05, 0) is 42.5 Å². The lowest BCUT2D eigenvalue weighted by molar-refractivity contribution is -0.140. The zero-order valence-corrected chi connectivity index (χ0v) is 11.7. The summed E-state index contributed by atoms with van der Waals surface area (Å²) in [5.41, 5.74) is -0.774. The van der Waals surface area contributed by atoms with Crippen LogP contribution in [0.25, 0.3) is 0 Å². The standard InChI is InChI=1S/C14H15FN2O2S/c15-12-2-1-10(8-16)7-11(12)9-17-13(18)14(19)3-5-20-6-4-14/h1-2,7,19H,3-6,9H2,(H,17,18). The van der Waals surface area contributed by atoms with Gasteiger partial charge in [0, 0.05) is 12.1 Å². The van der Waals surface area contributed by atoms with Gasteiger partial charge < -0.3 is 10.4 Å². The van der Waals surface area contributed by atoms with Crippen LogP contribution in [-0.4, -0.2) is 28.1 Å². The van der Waals surface area contributed by atoms with Gasteiger partial charge in [-0.3, -0.25) is 4.79 Å². The molecule has 2 rings (SSSR count). The second-order valence-electron chi connectivity index (χ2n) is 4.74. The predicted octanol–water partition coefficient (Wildman–Crippen LogP) is 1.57. The normalized spacial score (nSPS) is 17.2. The summed E-state index contributed by atoms with van der Waals surface area (Å²) in [4.78, 5) is 12.0. The molecule has 1 heterocycles. The topological polar surface area (TPSA) is 73.1 Å². The van der Waals surface area contributed by atoms with E-state index < -0.39 is 17.3 Å². The summed E-state index contributed by atoms with van der Waals surface area (Å²) in [6.45, 7) is -0.0321. The first-order chi connectivity index (χ1) is 9.55. The van der Waals surface area contributed by atoms with Crippen molar-refractivity contribution in [2.24, 2.45) is 0 Å². The number of aliphatic hydroxyl groups is 1. The fraction of sp³-hybridized carbons (Fsp3) is 0.429. The number of carbonyl (C=O) groups excluding carboxylic acids is 1. The monoisotopic (exact) mass is 294 g/mol. The first-order valence-corrected chi connectivity index (χ1v) is 7.47. The van der Waals surface area contributed by atoms with Gasteiger partial charge in [0.25, 0.3) is 5.91 Å². The van der Waals surface area contributed by atoms with Crippen LogP contribution in [0.4, 0.5) is 4.39 Å². The van der Waals surface area contributed by atoms with E-state index in [1.165, 1.54) is 18.2 Å². The number of benzene rings is 1. The minimum atomic E-state index is -1.35. The highest BCUT2D eigenvalue weighted by Crippen LogP contribution is 2.27. The Bertz CT molecular complexity index is 551. The van der Waals surface area contributed by atoms with Crippen LogP contribution in [0.2, 0.25) is 0 Å². The maximum Gasteiger partial charge on any atom is 0.252 e. The molecule has 0 bridgehead atoms. The summed E-state index contributed by atoms with van der Waals surface area (Å²) in [6.07, 6.45) is 0.814. The first-order valence-electron chi connectivity index (χ1n) is 6.32. The Morgan fingerprint density at radius 3 is 2.85 bits per heavy atom. The third kappa shape index (κ3) is 3.30. The average Bonchev–Trinajstić information content (AvgIpc) is 2.47. The molecular weight excluding hydrogens is 279 g/mol. The Kier molecular flexibility index (Phi) is 4.63. The van der Waals surface area contributed by atoms with Crippen molar-refractivity contribution < 1.29 is 14.3 Å². The number of rotatable bonds is 3. The molecule has 0 radical (unpaired) electrons. The highest BCUT2D eigenvalue weighted by Gasteiger charge is 2.37. The third-order valence-corrected chi connectivity index (χ3v) is 4.34. The molecule has 1 amide bonds. The maximum absolute atomic E-state index is 13.6. The van der Waals surface area contributed by atoms with E-state index in [2.05, 4.69) is 5.32 Å². The summed E-state index contributed by atoms with van der Waals surface area (Å²) in [7, 11) is 0. The Morgan fingerprint density at radius 2 is 2.20 bits per heavy atom. The zero-order valence-electron chi connectivity index (χ0n) is 10.9. The molecule has 1 aliphatic rings. The van der Waals surface area contributed by atoms with Crippen molar-refractivity contribution in [2.75, 3.05) is 11.5 Å². The minimum Gasteiger partial charge on any atom is -0.380 e. The second kappa shape index (κ2) is 6.25. The SMILES string of the molecule is N#Cc1ccc(F)c(CNC(=O)C2(O)CCSCC2)c1. The van der Waals surface area contributed by atoms with Gasteiger partial charge in [-0.1, -0.05) is 0 Å². The summed E-state index contributed by atoms with van der Waals surface area (Å²) < 4.78 is 13.6. The zero-order chi connectivity index (χ0) is 14.6. The molecule has 1 fully saturated rings. The smallest absolute Gasteiger partial charge is 0.252 e. The number of amides is 1. The van der Waals surface area contributed by atoms with Crippen LogP contribution in [0.5, 0.6) is 0 Å². The molecule has 2 N–H and O–H groups in total. The van der Waals surface area contributed by atoms with Gasteiger partial charge in [-0.15, -0.1) is 0 Å². The molecule has 1 aromatic carbocycles. The number of hydrogen-bond donors (Lipinski definition) is 2. The van der Waals surface area contributed by atoms with E-state index in [0.29, 0.717) is 18.4 Å². The summed E-state index contributed by atoms with van der Waals surface area (Å²) in [5.74, 6) is 0.528. The highest BCUT2D eigenvalue weighted by molar-refractivity contribution is 7.99. The average molecular weight is 294 g/mol. The first kappa shape index (κ1) is 14.8. The second-order valence-corrected chi connectivity index (χ2v) is 5.97. The molecule has 1 saturated heterocycles. The molecule has 0 atom stereocenters. The molecule has 0 aliphatic carbocycles. The van der Waals surface area contributed by atoms with E-state index in [4.69, 9.17) is 5.26 Å². The van der Waals surface area contributed by atoms with Crippen LogP contribution in [0.1, 0.15) is 24.0 Å². The molecule has 0 aromatic heterocycles. The van der Waals surface area contributed by atoms with Crippen molar-refractivity contribution in [1.29, 1.82) is 5.26 Å². The van der Waals surface area contributed by atoms with Crippen molar-refractivity contribution in [3.63, 3.8) is 0 Å². The van der Waals surface area contributed by atoms with Crippen LogP contribution in [0, 0.1) is 17.1 Å². The van der Waals surface area contributed by atoms with Gasteiger partial charge in [0.15, 0.2) is 0 Å². The number of nitrogens with one attached hydrogen (secondary N) is 1. The van der Waals surface area contributed by atoms with E-state index in [1.807, 2.05) is 6.07 Å². The molecule has 20 heavy (non-hydrogen) atoms. The molecule has 106 valence electrons. The Balaban J connectivity index is 2.01.